The van der Waals surface area contributed by atoms with Crippen LogP contribution in [0.2, 0.25) is 0 Å². The van der Waals surface area contributed by atoms with Gasteiger partial charge in [-0.25, -0.2) is 0 Å². The van der Waals surface area contributed by atoms with Crippen LogP contribution in [0.25, 0.3) is 0 Å². The quantitative estimate of drug-likeness (QED) is 0.261. The van der Waals surface area contributed by atoms with E-state index in [2.05, 4.69) is 10.5 Å². The lowest BCUT2D eigenvalue weighted by molar-refractivity contribution is 0.244. The Kier molecular flexibility index (Phi) is 4.78. The summed E-state index contributed by atoms with van der Waals surface area (Å²) in [4.78, 5) is 0.521. The van der Waals surface area contributed by atoms with Gasteiger partial charge in [-0.1, -0.05) is 12.2 Å². The zero-order chi connectivity index (χ0) is 7.98. The van der Waals surface area contributed by atoms with Crippen LogP contribution in [-0.2, 0) is 4.74 Å². The summed E-state index contributed by atoms with van der Waals surface area (Å²) < 4.78 is 4.72. The molecule has 0 amide bonds. The second kappa shape index (κ2) is 5.13. The number of nitrogens with two attached hydrogens (primary N) is 1. The molecule has 0 bridgehead atoms. The Morgan fingerprint density at radius 1 is 1.80 bits per heavy atom. The number of hydrogen-bond donors (Lipinski definition) is 2. The topological polar surface area (TPSA) is 59.6 Å². The number of nitrogens with zero attached hydrogens (tertiary/aromatic N) is 1. The molecular weight excluding hydrogens is 150 g/mol. The van der Waals surface area contributed by atoms with E-state index < -0.39 is 0 Å². The number of rotatable bonds is 3. The predicted octanol–water partition coefficient (Wildman–Crippen LogP) is -0.158. The van der Waals surface area contributed by atoms with E-state index in [1.807, 2.05) is 0 Å². The monoisotopic (exact) mass is 161 g/mol. The molecule has 4 nitrogen and oxygen atoms in total. The molecule has 0 unspecified atom stereocenters. The van der Waals surface area contributed by atoms with Gasteiger partial charge < -0.3 is 10.5 Å². The van der Waals surface area contributed by atoms with Crippen molar-refractivity contribution in [2.24, 2.45) is 10.8 Å². The number of methoxy groups -OCH3 is 1. The van der Waals surface area contributed by atoms with Gasteiger partial charge in [-0.2, -0.15) is 5.10 Å². The zero-order valence-corrected chi connectivity index (χ0v) is 6.86. The largest absolute Gasteiger partial charge is 0.386 e. The first kappa shape index (κ1) is 9.32. The van der Waals surface area contributed by atoms with Crippen molar-refractivity contribution in [2.75, 3.05) is 13.7 Å². The first-order valence-corrected chi connectivity index (χ1v) is 3.15. The van der Waals surface area contributed by atoms with Crippen molar-refractivity contribution < 1.29 is 4.74 Å². The molecule has 0 rings (SSSR count). The minimum absolute atomic E-state index is 0.367. The highest BCUT2D eigenvalue weighted by Gasteiger charge is 1.89. The van der Waals surface area contributed by atoms with Crippen molar-refractivity contribution in [3.63, 3.8) is 0 Å². The Labute approximate surface area is 65.4 Å². The van der Waals surface area contributed by atoms with E-state index in [4.69, 9.17) is 22.7 Å². The molecule has 0 saturated heterocycles. The summed E-state index contributed by atoms with van der Waals surface area (Å²) in [6.07, 6.45) is 0. The van der Waals surface area contributed by atoms with Gasteiger partial charge in [0.15, 0.2) is 0 Å². The molecule has 0 fully saturated rings. The van der Waals surface area contributed by atoms with Crippen molar-refractivity contribution in [1.29, 1.82) is 0 Å². The van der Waals surface area contributed by atoms with Crippen LogP contribution in [0.15, 0.2) is 5.10 Å². The predicted molar refractivity (Wildman–Crippen MR) is 44.9 cm³/mol. The summed E-state index contributed by atoms with van der Waals surface area (Å²) in [6.45, 7) is 2.04. The number of hydrogen-bond acceptors (Lipinski definition) is 3. The molecule has 0 spiro atoms. The van der Waals surface area contributed by atoms with E-state index >= 15 is 0 Å². The van der Waals surface area contributed by atoms with Gasteiger partial charge in [0.25, 0.3) is 0 Å². The molecule has 0 aliphatic carbocycles. The average Bonchev–Trinajstić information content (AvgIpc) is 1.85. The van der Waals surface area contributed by atoms with Crippen molar-refractivity contribution in [3.05, 3.63) is 0 Å². The summed E-state index contributed by atoms with van der Waals surface area (Å²) in [7, 11) is 1.56. The summed E-state index contributed by atoms with van der Waals surface area (Å²) in [5.74, 6) is 0.443. The molecule has 0 saturated carbocycles. The molecule has 0 atom stereocenters. The number of nitrogens with one attached hydrogen (secondary N) is 1. The Morgan fingerprint density at radius 2 is 2.40 bits per heavy atom. The summed E-state index contributed by atoms with van der Waals surface area (Å²) in [5.41, 5.74) is 7.78. The Balaban J connectivity index is 3.49. The molecule has 0 heterocycles. The first-order chi connectivity index (χ1) is 4.66. The van der Waals surface area contributed by atoms with E-state index in [9.17, 15) is 0 Å². The third-order valence-corrected chi connectivity index (χ3v) is 0.842. The lowest BCUT2D eigenvalue weighted by Gasteiger charge is -1.99. The standard InChI is InChI=1S/C5H11N3OS/c1-4(6)7-8-5(10)3-9-2/h3H2,1-2H3,(H2,6,7)(H,8,10). The summed E-state index contributed by atoms with van der Waals surface area (Å²) >= 11 is 4.77. The van der Waals surface area contributed by atoms with E-state index in [-0.39, 0.29) is 0 Å². The minimum Gasteiger partial charge on any atom is -0.386 e. The van der Waals surface area contributed by atoms with Crippen LogP contribution in [0.4, 0.5) is 0 Å². The van der Waals surface area contributed by atoms with Crippen LogP contribution in [0.3, 0.4) is 0 Å². The van der Waals surface area contributed by atoms with Crippen LogP contribution in [0, 0.1) is 0 Å². The highest BCUT2D eigenvalue weighted by molar-refractivity contribution is 7.80. The molecule has 10 heavy (non-hydrogen) atoms. The Bertz CT molecular complexity index is 142. The van der Waals surface area contributed by atoms with Crippen molar-refractivity contribution in [1.82, 2.24) is 5.43 Å². The molecule has 0 aliphatic heterocycles. The normalized spacial score (nSPS) is 11.2. The van der Waals surface area contributed by atoms with Gasteiger partial charge in [-0.05, 0) is 6.92 Å². The molecule has 0 aromatic rings. The molecule has 0 radical (unpaired) electrons. The van der Waals surface area contributed by atoms with Gasteiger partial charge in [0, 0.05) is 7.11 Å². The highest BCUT2D eigenvalue weighted by Crippen LogP contribution is 1.73. The maximum atomic E-state index is 5.22. The van der Waals surface area contributed by atoms with Crippen LogP contribution in [0.5, 0.6) is 0 Å². The highest BCUT2D eigenvalue weighted by atomic mass is 32.1. The van der Waals surface area contributed by atoms with E-state index in [0.29, 0.717) is 17.4 Å². The van der Waals surface area contributed by atoms with Gasteiger partial charge in [0.05, 0.1) is 6.61 Å². The lowest BCUT2D eigenvalue weighted by atomic mass is 10.7. The molecule has 3 N–H and O–H groups in total. The fourth-order valence-corrected chi connectivity index (χ4v) is 0.477. The molecule has 0 aromatic carbocycles. The SMILES string of the molecule is COCC(=S)N/N=C(\C)N. The number of ether oxygens (including phenoxy) is 1. The molecule has 58 valence electrons. The van der Waals surface area contributed by atoms with E-state index in [1.165, 1.54) is 0 Å². The molecular formula is C5H11N3OS. The summed E-state index contributed by atoms with van der Waals surface area (Å²) in [6, 6.07) is 0. The molecule has 0 aliphatic rings. The maximum absolute atomic E-state index is 5.22. The average molecular weight is 161 g/mol. The van der Waals surface area contributed by atoms with Crippen molar-refractivity contribution in [2.45, 2.75) is 6.92 Å². The Morgan fingerprint density at radius 3 is 2.80 bits per heavy atom. The van der Waals surface area contributed by atoms with E-state index in [1.54, 1.807) is 14.0 Å². The van der Waals surface area contributed by atoms with Crippen molar-refractivity contribution in [3.8, 4) is 0 Å². The van der Waals surface area contributed by atoms with Crippen LogP contribution < -0.4 is 11.2 Å². The second-order valence-corrected chi connectivity index (χ2v) is 2.21. The fourth-order valence-electron chi connectivity index (χ4n) is 0.314. The first-order valence-electron chi connectivity index (χ1n) is 2.74. The fraction of sp³-hybridized carbons (Fsp3) is 0.600. The third kappa shape index (κ3) is 5.46. The van der Waals surface area contributed by atoms with Gasteiger partial charge in [-0.15, -0.1) is 0 Å². The number of amidine groups is 1. The number of thiocarbonyl (C=S) groups is 1. The number of hydrazone groups is 1. The van der Waals surface area contributed by atoms with Gasteiger partial charge in [-0.3, -0.25) is 5.43 Å². The van der Waals surface area contributed by atoms with Crippen molar-refractivity contribution >= 4 is 23.0 Å². The molecule has 5 heteroatoms. The smallest absolute Gasteiger partial charge is 0.122 e. The van der Waals surface area contributed by atoms with Crippen LogP contribution in [-0.4, -0.2) is 24.5 Å². The van der Waals surface area contributed by atoms with Gasteiger partial charge in [0.2, 0.25) is 0 Å². The Hall–Kier alpha value is -0.680. The third-order valence-electron chi connectivity index (χ3n) is 0.632. The maximum Gasteiger partial charge on any atom is 0.122 e. The van der Waals surface area contributed by atoms with Gasteiger partial charge in [0.1, 0.15) is 10.8 Å². The second-order valence-electron chi connectivity index (χ2n) is 1.72. The lowest BCUT2D eigenvalue weighted by Crippen LogP contribution is -2.23. The summed E-state index contributed by atoms with van der Waals surface area (Å²) in [5, 5.41) is 3.67. The van der Waals surface area contributed by atoms with Crippen LogP contribution >= 0.6 is 12.2 Å². The van der Waals surface area contributed by atoms with Gasteiger partial charge >= 0.3 is 0 Å². The zero-order valence-electron chi connectivity index (χ0n) is 6.05. The minimum atomic E-state index is 0.367. The molecule has 0 aromatic heterocycles. The van der Waals surface area contributed by atoms with Crippen LogP contribution in [0.1, 0.15) is 6.92 Å². The van der Waals surface area contributed by atoms with E-state index in [0.717, 1.165) is 0 Å².